The van der Waals surface area contributed by atoms with Gasteiger partial charge in [-0.05, 0) is 38.1 Å². The third kappa shape index (κ3) is 4.78. The lowest BCUT2D eigenvalue weighted by Gasteiger charge is -2.33. The van der Waals surface area contributed by atoms with E-state index in [-0.39, 0.29) is 5.91 Å². The molecule has 0 aromatic rings. The third-order valence-electron chi connectivity index (χ3n) is 4.44. The van der Waals surface area contributed by atoms with E-state index in [0.717, 1.165) is 45.4 Å². The predicted molar refractivity (Wildman–Crippen MR) is 78.2 cm³/mol. The smallest absolute Gasteiger partial charge is 0.224 e. The molecular formula is C15H27N3O2. The number of carbonyl (C=O) groups is 2. The van der Waals surface area contributed by atoms with Gasteiger partial charge in [0.05, 0.1) is 0 Å². The van der Waals surface area contributed by atoms with Gasteiger partial charge < -0.3 is 15.5 Å². The van der Waals surface area contributed by atoms with Crippen LogP contribution in [0.5, 0.6) is 0 Å². The normalized spacial score (nSPS) is 24.4. The second kappa shape index (κ2) is 7.62. The van der Waals surface area contributed by atoms with Gasteiger partial charge in [0.2, 0.25) is 11.8 Å². The summed E-state index contributed by atoms with van der Waals surface area (Å²) >= 11 is 0. The van der Waals surface area contributed by atoms with Crippen LogP contribution in [0.4, 0.5) is 0 Å². The Morgan fingerprint density at radius 1 is 1.20 bits per heavy atom. The van der Waals surface area contributed by atoms with Crippen molar-refractivity contribution < 1.29 is 9.59 Å². The maximum atomic E-state index is 12.3. The molecule has 0 saturated carbocycles. The lowest BCUT2D eigenvalue weighted by molar-refractivity contribution is -0.133. The molecule has 2 N–H and O–H groups in total. The molecule has 0 aromatic heterocycles. The number of nitrogens with zero attached hydrogens (tertiary/aromatic N) is 1. The molecule has 0 spiro atoms. The maximum absolute atomic E-state index is 12.3. The SMILES string of the molecule is CC(=O)NCC1CCN(C(=O)CC2CCCCN2)CC1. The summed E-state index contributed by atoms with van der Waals surface area (Å²) in [5, 5.41) is 6.31. The van der Waals surface area contributed by atoms with Crippen LogP contribution in [0.2, 0.25) is 0 Å². The Morgan fingerprint density at radius 3 is 2.55 bits per heavy atom. The van der Waals surface area contributed by atoms with Crippen molar-refractivity contribution in [1.82, 2.24) is 15.5 Å². The number of hydrogen-bond acceptors (Lipinski definition) is 3. The number of rotatable bonds is 4. The van der Waals surface area contributed by atoms with Crippen LogP contribution in [0.25, 0.3) is 0 Å². The molecule has 0 radical (unpaired) electrons. The Balaban J connectivity index is 1.67. The molecule has 2 amide bonds. The third-order valence-corrected chi connectivity index (χ3v) is 4.44. The Hall–Kier alpha value is -1.10. The minimum atomic E-state index is 0.0341. The van der Waals surface area contributed by atoms with Crippen molar-refractivity contribution in [2.24, 2.45) is 5.92 Å². The van der Waals surface area contributed by atoms with Gasteiger partial charge >= 0.3 is 0 Å². The van der Waals surface area contributed by atoms with Crippen molar-refractivity contribution in [3.05, 3.63) is 0 Å². The summed E-state index contributed by atoms with van der Waals surface area (Å²) in [5.41, 5.74) is 0. The first kappa shape index (κ1) is 15.3. The van der Waals surface area contributed by atoms with E-state index < -0.39 is 0 Å². The first-order valence-corrected chi connectivity index (χ1v) is 7.90. The highest BCUT2D eigenvalue weighted by molar-refractivity contribution is 5.77. The van der Waals surface area contributed by atoms with Crippen LogP contribution >= 0.6 is 0 Å². The number of nitrogens with one attached hydrogen (secondary N) is 2. The average Bonchev–Trinajstić information content (AvgIpc) is 2.46. The first-order chi connectivity index (χ1) is 9.65. The van der Waals surface area contributed by atoms with Crippen LogP contribution in [0, 0.1) is 5.92 Å². The largest absolute Gasteiger partial charge is 0.356 e. The van der Waals surface area contributed by atoms with Crippen molar-refractivity contribution in [3.8, 4) is 0 Å². The van der Waals surface area contributed by atoms with Crippen molar-refractivity contribution in [1.29, 1.82) is 0 Å². The van der Waals surface area contributed by atoms with Crippen LogP contribution in [-0.4, -0.2) is 48.9 Å². The van der Waals surface area contributed by atoms with Gasteiger partial charge in [-0.3, -0.25) is 9.59 Å². The second-order valence-corrected chi connectivity index (χ2v) is 6.11. The van der Waals surface area contributed by atoms with Gasteiger partial charge in [-0.25, -0.2) is 0 Å². The molecule has 2 fully saturated rings. The summed E-state index contributed by atoms with van der Waals surface area (Å²) in [4.78, 5) is 25.2. The molecule has 0 bridgehead atoms. The number of hydrogen-bond donors (Lipinski definition) is 2. The van der Waals surface area contributed by atoms with E-state index in [4.69, 9.17) is 0 Å². The number of likely N-dealkylation sites (tertiary alicyclic amines) is 1. The van der Waals surface area contributed by atoms with E-state index in [0.29, 0.717) is 24.3 Å². The molecule has 2 rings (SSSR count). The number of amides is 2. The summed E-state index contributed by atoms with van der Waals surface area (Å²) in [7, 11) is 0. The fourth-order valence-electron chi connectivity index (χ4n) is 3.11. The predicted octanol–water partition coefficient (Wildman–Crippen LogP) is 0.893. The lowest BCUT2D eigenvalue weighted by Crippen LogP contribution is -2.44. The fourth-order valence-corrected chi connectivity index (χ4v) is 3.11. The zero-order valence-electron chi connectivity index (χ0n) is 12.5. The zero-order chi connectivity index (χ0) is 14.4. The molecule has 0 aromatic carbocycles. The molecule has 2 aliphatic heterocycles. The highest BCUT2D eigenvalue weighted by Crippen LogP contribution is 2.18. The first-order valence-electron chi connectivity index (χ1n) is 7.90. The van der Waals surface area contributed by atoms with Crippen LogP contribution in [0.1, 0.15) is 45.4 Å². The standard InChI is InChI=1S/C15H27N3O2/c1-12(19)17-11-13-5-8-18(9-6-13)15(20)10-14-4-2-3-7-16-14/h13-14,16H,2-11H2,1H3,(H,17,19). The molecule has 20 heavy (non-hydrogen) atoms. The van der Waals surface area contributed by atoms with E-state index in [1.807, 2.05) is 4.90 Å². The van der Waals surface area contributed by atoms with Gasteiger partial charge in [-0.2, -0.15) is 0 Å². The van der Waals surface area contributed by atoms with Gasteiger partial charge in [-0.15, -0.1) is 0 Å². The minimum Gasteiger partial charge on any atom is -0.356 e. The molecule has 114 valence electrons. The highest BCUT2D eigenvalue weighted by Gasteiger charge is 2.25. The highest BCUT2D eigenvalue weighted by atomic mass is 16.2. The summed E-state index contributed by atoms with van der Waals surface area (Å²) in [6.07, 6.45) is 6.26. The fraction of sp³-hybridized carbons (Fsp3) is 0.867. The van der Waals surface area contributed by atoms with Gasteiger partial charge in [0.1, 0.15) is 0 Å². The minimum absolute atomic E-state index is 0.0341. The van der Waals surface area contributed by atoms with Crippen LogP contribution in [0.15, 0.2) is 0 Å². The molecule has 1 atom stereocenters. The molecule has 5 nitrogen and oxygen atoms in total. The van der Waals surface area contributed by atoms with Crippen molar-refractivity contribution >= 4 is 11.8 Å². The van der Waals surface area contributed by atoms with Crippen molar-refractivity contribution in [2.45, 2.75) is 51.5 Å². The molecular weight excluding hydrogens is 254 g/mol. The summed E-state index contributed by atoms with van der Waals surface area (Å²) in [5.74, 6) is 0.852. The Bertz CT molecular complexity index is 332. The maximum Gasteiger partial charge on any atom is 0.224 e. The number of carbonyl (C=O) groups excluding carboxylic acids is 2. The Labute approximate surface area is 121 Å². The molecule has 2 aliphatic rings. The van der Waals surface area contributed by atoms with Crippen LogP contribution < -0.4 is 10.6 Å². The van der Waals surface area contributed by atoms with Gasteiger partial charge in [0, 0.05) is 39.0 Å². The monoisotopic (exact) mass is 281 g/mol. The average molecular weight is 281 g/mol. The summed E-state index contributed by atoms with van der Waals surface area (Å²) < 4.78 is 0. The van der Waals surface area contributed by atoms with Gasteiger partial charge in [0.15, 0.2) is 0 Å². The summed E-state index contributed by atoms with van der Waals surface area (Å²) in [6, 6.07) is 0.383. The Kier molecular flexibility index (Phi) is 5.83. The van der Waals surface area contributed by atoms with Gasteiger partial charge in [-0.1, -0.05) is 6.42 Å². The molecule has 2 saturated heterocycles. The van der Waals surface area contributed by atoms with E-state index in [9.17, 15) is 9.59 Å². The molecule has 2 heterocycles. The van der Waals surface area contributed by atoms with E-state index >= 15 is 0 Å². The van der Waals surface area contributed by atoms with E-state index in [1.54, 1.807) is 6.92 Å². The van der Waals surface area contributed by atoms with E-state index in [1.165, 1.54) is 12.8 Å². The van der Waals surface area contributed by atoms with Gasteiger partial charge in [0.25, 0.3) is 0 Å². The zero-order valence-corrected chi connectivity index (χ0v) is 12.5. The van der Waals surface area contributed by atoms with Crippen molar-refractivity contribution in [2.75, 3.05) is 26.2 Å². The molecule has 0 aliphatic carbocycles. The van der Waals surface area contributed by atoms with E-state index in [2.05, 4.69) is 10.6 Å². The van der Waals surface area contributed by atoms with Crippen LogP contribution in [-0.2, 0) is 9.59 Å². The quantitative estimate of drug-likeness (QED) is 0.804. The Morgan fingerprint density at radius 2 is 1.95 bits per heavy atom. The second-order valence-electron chi connectivity index (χ2n) is 6.11. The topological polar surface area (TPSA) is 61.4 Å². The summed E-state index contributed by atoms with van der Waals surface area (Å²) in [6.45, 7) is 5.04. The molecule has 5 heteroatoms. The number of piperidine rings is 2. The molecule has 1 unspecified atom stereocenters. The van der Waals surface area contributed by atoms with Crippen LogP contribution in [0.3, 0.4) is 0 Å². The van der Waals surface area contributed by atoms with Crippen molar-refractivity contribution in [3.63, 3.8) is 0 Å². The lowest BCUT2D eigenvalue weighted by atomic mass is 9.95.